The molecule has 0 aromatic heterocycles. The Morgan fingerprint density at radius 1 is 1.05 bits per heavy atom. The van der Waals surface area contributed by atoms with Crippen LogP contribution in [0.15, 0.2) is 0 Å². The maximum atomic E-state index is 6.22. The summed E-state index contributed by atoms with van der Waals surface area (Å²) in [5, 5.41) is 0. The Morgan fingerprint density at radius 2 is 1.76 bits per heavy atom. The van der Waals surface area contributed by atoms with Crippen LogP contribution in [0.5, 0.6) is 0 Å². The highest BCUT2D eigenvalue weighted by atomic mass is 16.5. The van der Waals surface area contributed by atoms with Gasteiger partial charge in [0, 0.05) is 12.6 Å². The van der Waals surface area contributed by atoms with Crippen molar-refractivity contribution >= 4 is 0 Å². The average molecular weight is 294 g/mol. The van der Waals surface area contributed by atoms with Crippen LogP contribution in [-0.4, -0.2) is 18.2 Å². The first-order valence-electron chi connectivity index (χ1n) is 9.16. The van der Waals surface area contributed by atoms with Crippen molar-refractivity contribution < 1.29 is 4.74 Å². The standard InChI is InChI=1S/C18H34N2O/c1-17(2)9-4-3-7-15(17)16(20-19)14-8-12-21-18(13-14)10-5-6-11-18/h14-16,20H,3-13,19H2,1-2H3. The van der Waals surface area contributed by atoms with E-state index in [4.69, 9.17) is 10.6 Å². The van der Waals surface area contributed by atoms with Gasteiger partial charge in [-0.3, -0.25) is 11.3 Å². The highest BCUT2D eigenvalue weighted by Crippen LogP contribution is 2.48. The molecular weight excluding hydrogens is 260 g/mol. The quantitative estimate of drug-likeness (QED) is 0.615. The summed E-state index contributed by atoms with van der Waals surface area (Å²) >= 11 is 0. The van der Waals surface area contributed by atoms with Crippen molar-refractivity contribution in [2.45, 2.75) is 89.7 Å². The van der Waals surface area contributed by atoms with E-state index in [0.29, 0.717) is 17.4 Å². The van der Waals surface area contributed by atoms with E-state index in [-0.39, 0.29) is 5.60 Å². The van der Waals surface area contributed by atoms with Gasteiger partial charge < -0.3 is 4.74 Å². The van der Waals surface area contributed by atoms with Crippen LogP contribution in [0.25, 0.3) is 0 Å². The molecule has 3 aliphatic rings. The van der Waals surface area contributed by atoms with Crippen molar-refractivity contribution in [3.8, 4) is 0 Å². The SMILES string of the molecule is CC1(C)CCCCC1C(NN)C1CCOC2(CCCC2)C1. The molecule has 3 fully saturated rings. The molecule has 0 radical (unpaired) electrons. The number of ether oxygens (including phenoxy) is 1. The molecular formula is C18H34N2O. The summed E-state index contributed by atoms with van der Waals surface area (Å²) in [6.45, 7) is 5.84. The summed E-state index contributed by atoms with van der Waals surface area (Å²) in [5.41, 5.74) is 3.88. The van der Waals surface area contributed by atoms with Gasteiger partial charge in [0.25, 0.3) is 0 Å². The third kappa shape index (κ3) is 3.16. The van der Waals surface area contributed by atoms with Crippen molar-refractivity contribution in [1.29, 1.82) is 0 Å². The van der Waals surface area contributed by atoms with Gasteiger partial charge in [-0.15, -0.1) is 0 Å². The van der Waals surface area contributed by atoms with Gasteiger partial charge in [-0.25, -0.2) is 0 Å². The number of nitrogens with two attached hydrogens (primary N) is 1. The molecule has 0 bridgehead atoms. The minimum absolute atomic E-state index is 0.205. The molecule has 3 atom stereocenters. The number of hydrogen-bond donors (Lipinski definition) is 2. The average Bonchev–Trinajstić information content (AvgIpc) is 2.89. The molecule has 3 unspecified atom stereocenters. The van der Waals surface area contributed by atoms with Crippen LogP contribution in [0.3, 0.4) is 0 Å². The summed E-state index contributed by atoms with van der Waals surface area (Å²) in [6, 6.07) is 0.474. The van der Waals surface area contributed by atoms with E-state index in [0.717, 1.165) is 12.5 Å². The van der Waals surface area contributed by atoms with Crippen molar-refractivity contribution in [3.05, 3.63) is 0 Å². The maximum Gasteiger partial charge on any atom is 0.0685 e. The Hall–Kier alpha value is -0.120. The van der Waals surface area contributed by atoms with Crippen LogP contribution in [0.2, 0.25) is 0 Å². The zero-order valence-corrected chi connectivity index (χ0v) is 14.0. The molecule has 21 heavy (non-hydrogen) atoms. The molecule has 3 nitrogen and oxygen atoms in total. The highest BCUT2D eigenvalue weighted by molar-refractivity contribution is 4.98. The minimum Gasteiger partial charge on any atom is -0.375 e. The Labute approximate surface area is 130 Å². The first kappa shape index (κ1) is 15.8. The van der Waals surface area contributed by atoms with Crippen LogP contribution in [0.4, 0.5) is 0 Å². The molecule has 0 aromatic carbocycles. The van der Waals surface area contributed by atoms with Crippen LogP contribution < -0.4 is 11.3 Å². The molecule has 1 heterocycles. The van der Waals surface area contributed by atoms with E-state index >= 15 is 0 Å². The molecule has 0 aromatic rings. The lowest BCUT2D eigenvalue weighted by Crippen LogP contribution is -2.54. The molecule has 1 saturated heterocycles. The molecule has 1 spiro atoms. The molecule has 3 heteroatoms. The van der Waals surface area contributed by atoms with E-state index in [2.05, 4.69) is 19.3 Å². The normalized spacial score (nSPS) is 36.7. The van der Waals surface area contributed by atoms with E-state index < -0.39 is 0 Å². The molecule has 2 aliphatic carbocycles. The topological polar surface area (TPSA) is 47.3 Å². The number of hydrazine groups is 1. The number of rotatable bonds is 3. The maximum absolute atomic E-state index is 6.22. The summed E-state index contributed by atoms with van der Waals surface area (Å²) in [4.78, 5) is 0. The van der Waals surface area contributed by atoms with Crippen LogP contribution in [0.1, 0.15) is 78.1 Å². The fraction of sp³-hybridized carbons (Fsp3) is 1.00. The summed E-state index contributed by atoms with van der Waals surface area (Å²) < 4.78 is 6.22. The second-order valence-corrected chi connectivity index (χ2v) is 8.52. The van der Waals surface area contributed by atoms with Crippen molar-refractivity contribution in [2.24, 2.45) is 23.1 Å². The smallest absolute Gasteiger partial charge is 0.0685 e. The van der Waals surface area contributed by atoms with Crippen molar-refractivity contribution in [1.82, 2.24) is 5.43 Å². The van der Waals surface area contributed by atoms with Gasteiger partial charge in [0.1, 0.15) is 0 Å². The predicted octanol–water partition coefficient (Wildman–Crippen LogP) is 3.77. The van der Waals surface area contributed by atoms with E-state index in [1.807, 2.05) is 0 Å². The summed E-state index contributed by atoms with van der Waals surface area (Å²) in [5.74, 6) is 7.47. The molecule has 122 valence electrons. The van der Waals surface area contributed by atoms with E-state index in [9.17, 15) is 0 Å². The zero-order chi connectivity index (χ0) is 14.9. The second kappa shape index (κ2) is 6.17. The third-order valence-electron chi connectivity index (χ3n) is 6.77. The van der Waals surface area contributed by atoms with Crippen LogP contribution in [-0.2, 0) is 4.74 Å². The van der Waals surface area contributed by atoms with Gasteiger partial charge in [-0.05, 0) is 55.8 Å². The minimum atomic E-state index is 0.205. The lowest BCUT2D eigenvalue weighted by molar-refractivity contribution is -0.106. The zero-order valence-electron chi connectivity index (χ0n) is 14.0. The summed E-state index contributed by atoms with van der Waals surface area (Å²) in [6.07, 6.45) is 13.1. The van der Waals surface area contributed by atoms with Gasteiger partial charge in [-0.2, -0.15) is 0 Å². The first-order valence-corrected chi connectivity index (χ1v) is 9.16. The van der Waals surface area contributed by atoms with Crippen molar-refractivity contribution in [2.75, 3.05) is 6.61 Å². The Kier molecular flexibility index (Phi) is 4.63. The predicted molar refractivity (Wildman–Crippen MR) is 86.7 cm³/mol. The number of hydrogen-bond acceptors (Lipinski definition) is 3. The largest absolute Gasteiger partial charge is 0.375 e. The summed E-state index contributed by atoms with van der Waals surface area (Å²) in [7, 11) is 0. The lowest BCUT2D eigenvalue weighted by atomic mass is 9.62. The second-order valence-electron chi connectivity index (χ2n) is 8.52. The van der Waals surface area contributed by atoms with E-state index in [1.165, 1.54) is 64.2 Å². The molecule has 3 rings (SSSR count). The van der Waals surface area contributed by atoms with Gasteiger partial charge in [0.15, 0.2) is 0 Å². The van der Waals surface area contributed by atoms with Gasteiger partial charge in [0.05, 0.1) is 5.60 Å². The lowest BCUT2D eigenvalue weighted by Gasteiger charge is -2.49. The number of nitrogens with one attached hydrogen (secondary N) is 1. The molecule has 1 aliphatic heterocycles. The fourth-order valence-electron chi connectivity index (χ4n) is 5.51. The molecule has 3 N–H and O–H groups in total. The van der Waals surface area contributed by atoms with Gasteiger partial charge in [-0.1, -0.05) is 39.5 Å². The van der Waals surface area contributed by atoms with Crippen LogP contribution >= 0.6 is 0 Å². The third-order valence-corrected chi connectivity index (χ3v) is 6.77. The van der Waals surface area contributed by atoms with Crippen LogP contribution in [0, 0.1) is 17.3 Å². The Morgan fingerprint density at radius 3 is 2.43 bits per heavy atom. The Balaban J connectivity index is 1.73. The van der Waals surface area contributed by atoms with E-state index in [1.54, 1.807) is 0 Å². The molecule has 0 amide bonds. The Bertz CT molecular complexity index is 349. The first-order chi connectivity index (χ1) is 10.1. The van der Waals surface area contributed by atoms with Gasteiger partial charge >= 0.3 is 0 Å². The monoisotopic (exact) mass is 294 g/mol. The molecule has 2 saturated carbocycles. The van der Waals surface area contributed by atoms with Gasteiger partial charge in [0.2, 0.25) is 0 Å². The highest BCUT2D eigenvalue weighted by Gasteiger charge is 2.46. The fourth-order valence-corrected chi connectivity index (χ4v) is 5.51. The van der Waals surface area contributed by atoms with Crippen molar-refractivity contribution in [3.63, 3.8) is 0 Å².